The fourth-order valence-corrected chi connectivity index (χ4v) is 3.00. The van der Waals surface area contributed by atoms with Crippen LogP contribution in [0.3, 0.4) is 0 Å². The average Bonchev–Trinajstić information content (AvgIpc) is 2.64. The van der Waals surface area contributed by atoms with Crippen LogP contribution in [0.2, 0.25) is 5.02 Å². The van der Waals surface area contributed by atoms with Gasteiger partial charge in [-0.1, -0.05) is 23.7 Å². The van der Waals surface area contributed by atoms with Crippen LogP contribution in [0.4, 0.5) is 11.4 Å². The van der Waals surface area contributed by atoms with Gasteiger partial charge in [-0.2, -0.15) is 10.2 Å². The zero-order valence-electron chi connectivity index (χ0n) is 14.9. The van der Waals surface area contributed by atoms with E-state index in [1.807, 2.05) is 0 Å². The van der Waals surface area contributed by atoms with Crippen molar-refractivity contribution in [2.75, 3.05) is 12.4 Å². The van der Waals surface area contributed by atoms with Crippen molar-refractivity contribution in [1.29, 1.82) is 0 Å². The lowest BCUT2D eigenvalue weighted by molar-refractivity contribution is -0.126. The molecule has 2 aromatic carbocycles. The maximum Gasteiger partial charge on any atom is 0.258 e. The van der Waals surface area contributed by atoms with Crippen molar-refractivity contribution in [2.45, 2.75) is 17.9 Å². The van der Waals surface area contributed by atoms with E-state index in [0.717, 1.165) is 19.1 Å². The Hall–Kier alpha value is -2.82. The molecule has 11 heteroatoms. The molecule has 148 valence electrons. The van der Waals surface area contributed by atoms with E-state index in [2.05, 4.69) is 20.3 Å². The standard InChI is InChI=1S/C17H17ClN4O5S/c1-10(23)16(17(25)20-13-6-4-3-5-12(13)18)22-21-14-9-11(7-8-15(14)24)28(26,27)19-2/h3-9,16,19,24H,1-2H3,(H,20,25). The van der Waals surface area contributed by atoms with Crippen molar-refractivity contribution >= 4 is 44.7 Å². The van der Waals surface area contributed by atoms with E-state index in [-0.39, 0.29) is 21.4 Å². The summed E-state index contributed by atoms with van der Waals surface area (Å²) in [5, 5.41) is 20.0. The number of benzene rings is 2. The predicted molar refractivity (Wildman–Crippen MR) is 103 cm³/mol. The number of nitrogens with one attached hydrogen (secondary N) is 2. The largest absolute Gasteiger partial charge is 0.506 e. The van der Waals surface area contributed by atoms with Crippen LogP contribution in [0, 0.1) is 0 Å². The van der Waals surface area contributed by atoms with Crippen molar-refractivity contribution in [3.05, 3.63) is 47.5 Å². The third-order valence-corrected chi connectivity index (χ3v) is 5.31. The molecule has 0 aliphatic rings. The number of anilines is 1. The van der Waals surface area contributed by atoms with Crippen molar-refractivity contribution in [2.24, 2.45) is 10.2 Å². The summed E-state index contributed by atoms with van der Waals surface area (Å²) in [5.74, 6) is -1.75. The fourth-order valence-electron chi connectivity index (χ4n) is 2.07. The second-order valence-electron chi connectivity index (χ2n) is 5.56. The second-order valence-corrected chi connectivity index (χ2v) is 7.85. The summed E-state index contributed by atoms with van der Waals surface area (Å²) in [7, 11) is -2.55. The molecule has 1 amide bonds. The van der Waals surface area contributed by atoms with Crippen LogP contribution in [0.1, 0.15) is 6.92 Å². The number of amides is 1. The topological polar surface area (TPSA) is 137 Å². The zero-order valence-corrected chi connectivity index (χ0v) is 16.5. The maximum atomic E-state index is 12.4. The molecule has 1 atom stereocenters. The Balaban J connectivity index is 2.30. The van der Waals surface area contributed by atoms with Crippen LogP contribution in [0.15, 0.2) is 57.6 Å². The quantitative estimate of drug-likeness (QED) is 0.463. The number of nitrogens with zero attached hydrogens (tertiary/aromatic N) is 2. The Labute approximate surface area is 166 Å². The average molecular weight is 425 g/mol. The highest BCUT2D eigenvalue weighted by Gasteiger charge is 2.24. The minimum Gasteiger partial charge on any atom is -0.506 e. The molecule has 0 saturated carbocycles. The van der Waals surface area contributed by atoms with Crippen molar-refractivity contribution < 1.29 is 23.1 Å². The van der Waals surface area contributed by atoms with Crippen LogP contribution in [-0.4, -0.2) is 38.3 Å². The van der Waals surface area contributed by atoms with E-state index in [1.54, 1.807) is 24.3 Å². The number of hydrogen-bond donors (Lipinski definition) is 3. The molecule has 9 nitrogen and oxygen atoms in total. The highest BCUT2D eigenvalue weighted by molar-refractivity contribution is 7.89. The van der Waals surface area contributed by atoms with E-state index >= 15 is 0 Å². The van der Waals surface area contributed by atoms with Crippen molar-refractivity contribution in [1.82, 2.24) is 4.72 Å². The molecule has 0 spiro atoms. The van der Waals surface area contributed by atoms with Crippen molar-refractivity contribution in [3.63, 3.8) is 0 Å². The van der Waals surface area contributed by atoms with E-state index in [1.165, 1.54) is 13.1 Å². The summed E-state index contributed by atoms with van der Waals surface area (Å²) < 4.78 is 25.8. The molecule has 0 aromatic heterocycles. The number of aromatic hydroxyl groups is 1. The van der Waals surface area contributed by atoms with Gasteiger partial charge in [0.2, 0.25) is 16.1 Å². The number of hydrogen-bond acceptors (Lipinski definition) is 7. The number of azo groups is 1. The lowest BCUT2D eigenvalue weighted by atomic mass is 10.2. The summed E-state index contributed by atoms with van der Waals surface area (Å²) in [5.41, 5.74) is 0.0775. The number of phenols is 1. The molecular weight excluding hydrogens is 408 g/mol. The normalized spacial score (nSPS) is 12.7. The molecule has 0 bridgehead atoms. The fraction of sp³-hybridized carbons (Fsp3) is 0.176. The molecule has 2 rings (SSSR count). The van der Waals surface area contributed by atoms with Gasteiger partial charge in [0.15, 0.2) is 5.78 Å². The number of para-hydroxylation sites is 1. The van der Waals surface area contributed by atoms with Crippen LogP contribution in [0.5, 0.6) is 5.75 Å². The molecule has 28 heavy (non-hydrogen) atoms. The Bertz CT molecular complexity index is 1040. The van der Waals surface area contributed by atoms with Crippen LogP contribution in [-0.2, 0) is 19.6 Å². The first kappa shape index (κ1) is 21.5. The Morgan fingerprint density at radius 3 is 2.46 bits per heavy atom. The Morgan fingerprint density at radius 2 is 1.86 bits per heavy atom. The molecule has 1 unspecified atom stereocenters. The number of halogens is 1. The van der Waals surface area contributed by atoms with Gasteiger partial charge in [-0.15, -0.1) is 0 Å². The van der Waals surface area contributed by atoms with Gasteiger partial charge in [0, 0.05) is 0 Å². The van der Waals surface area contributed by atoms with Crippen molar-refractivity contribution in [3.8, 4) is 5.75 Å². The van der Waals surface area contributed by atoms with Crippen LogP contribution in [0.25, 0.3) is 0 Å². The summed E-state index contributed by atoms with van der Waals surface area (Å²) in [6.45, 7) is 1.15. The predicted octanol–water partition coefficient (Wildman–Crippen LogP) is 2.63. The third kappa shape index (κ3) is 5.12. The summed E-state index contributed by atoms with van der Waals surface area (Å²) in [4.78, 5) is 24.0. The smallest absolute Gasteiger partial charge is 0.258 e. The first-order valence-electron chi connectivity index (χ1n) is 7.89. The Kier molecular flexibility index (Phi) is 6.84. The van der Waals surface area contributed by atoms with Gasteiger partial charge in [0.1, 0.15) is 11.4 Å². The van der Waals surface area contributed by atoms with Gasteiger partial charge in [-0.3, -0.25) is 9.59 Å². The van der Waals surface area contributed by atoms with Gasteiger partial charge in [-0.25, -0.2) is 13.1 Å². The molecular formula is C17H17ClN4O5S. The van der Waals surface area contributed by atoms with E-state index in [0.29, 0.717) is 5.69 Å². The first-order chi connectivity index (χ1) is 13.2. The van der Waals surface area contributed by atoms with Gasteiger partial charge < -0.3 is 10.4 Å². The number of ketones is 1. The van der Waals surface area contributed by atoms with Gasteiger partial charge in [-0.05, 0) is 44.3 Å². The molecule has 0 aliphatic carbocycles. The second kappa shape index (κ2) is 8.91. The number of carbonyl (C=O) groups is 2. The molecule has 0 heterocycles. The number of sulfonamides is 1. The number of Topliss-reactive ketones (excluding diaryl/α,β-unsaturated/α-hetero) is 1. The zero-order chi connectivity index (χ0) is 20.9. The van der Waals surface area contributed by atoms with Crippen LogP contribution >= 0.6 is 11.6 Å². The van der Waals surface area contributed by atoms with Crippen LogP contribution < -0.4 is 10.0 Å². The number of carbonyl (C=O) groups excluding carboxylic acids is 2. The van der Waals surface area contributed by atoms with Gasteiger partial charge in [0.05, 0.1) is 15.6 Å². The molecule has 3 N–H and O–H groups in total. The highest BCUT2D eigenvalue weighted by atomic mass is 35.5. The first-order valence-corrected chi connectivity index (χ1v) is 9.75. The number of rotatable bonds is 7. The minimum atomic E-state index is -3.78. The molecule has 2 aromatic rings. The van der Waals surface area contributed by atoms with Gasteiger partial charge >= 0.3 is 0 Å². The highest BCUT2D eigenvalue weighted by Crippen LogP contribution is 2.29. The molecule has 0 fully saturated rings. The number of phenolic OH excluding ortho intramolecular Hbond substituents is 1. The molecule has 0 aliphatic heterocycles. The van der Waals surface area contributed by atoms with Gasteiger partial charge in [0.25, 0.3) is 5.91 Å². The lowest BCUT2D eigenvalue weighted by Crippen LogP contribution is -2.31. The SMILES string of the molecule is CNS(=O)(=O)c1ccc(O)c(N=NC(C(C)=O)C(=O)Nc2ccccc2Cl)c1. The summed E-state index contributed by atoms with van der Waals surface area (Å²) in [6, 6.07) is 8.28. The van der Waals surface area contributed by atoms with E-state index in [4.69, 9.17) is 11.6 Å². The summed E-state index contributed by atoms with van der Waals surface area (Å²) >= 11 is 5.97. The third-order valence-electron chi connectivity index (χ3n) is 3.57. The summed E-state index contributed by atoms with van der Waals surface area (Å²) in [6.07, 6.45) is 0. The Morgan fingerprint density at radius 1 is 1.18 bits per heavy atom. The minimum absolute atomic E-state index is 0.165. The van der Waals surface area contributed by atoms with E-state index < -0.39 is 27.8 Å². The maximum absolute atomic E-state index is 12.4. The monoisotopic (exact) mass is 424 g/mol. The molecule has 0 saturated heterocycles. The lowest BCUT2D eigenvalue weighted by Gasteiger charge is -2.10. The van der Waals surface area contributed by atoms with E-state index in [9.17, 15) is 23.1 Å². The molecule has 0 radical (unpaired) electrons.